The van der Waals surface area contributed by atoms with Crippen molar-refractivity contribution < 1.29 is 9.47 Å². The maximum Gasteiger partial charge on any atom is 0.225 e. The molecule has 0 fully saturated rings. The lowest BCUT2D eigenvalue weighted by Gasteiger charge is -2.14. The summed E-state index contributed by atoms with van der Waals surface area (Å²) in [5.41, 5.74) is 8.49. The molecule has 0 aliphatic carbocycles. The van der Waals surface area contributed by atoms with Crippen LogP contribution >= 0.6 is 0 Å². The van der Waals surface area contributed by atoms with Crippen LogP contribution in [-0.4, -0.2) is 39.2 Å². The van der Waals surface area contributed by atoms with Crippen molar-refractivity contribution in [1.82, 2.24) is 25.0 Å². The Morgan fingerprint density at radius 2 is 1.76 bits per heavy atom. The Morgan fingerprint density at radius 3 is 2.48 bits per heavy atom. The summed E-state index contributed by atoms with van der Waals surface area (Å²) in [4.78, 5) is 8.92. The highest BCUT2D eigenvalue weighted by Gasteiger charge is 2.15. The van der Waals surface area contributed by atoms with Crippen molar-refractivity contribution in [3.05, 3.63) is 54.4 Å². The fourth-order valence-electron chi connectivity index (χ4n) is 2.99. The molecule has 4 aromatic rings. The summed E-state index contributed by atoms with van der Waals surface area (Å²) in [6.07, 6.45) is 1.87. The summed E-state index contributed by atoms with van der Waals surface area (Å²) < 4.78 is 12.4. The molecule has 1 unspecified atom stereocenters. The van der Waals surface area contributed by atoms with Gasteiger partial charge in [-0.05, 0) is 25.1 Å². The molecular formula is C20H21N7O2. The van der Waals surface area contributed by atoms with Gasteiger partial charge in [-0.25, -0.2) is 9.67 Å². The zero-order valence-corrected chi connectivity index (χ0v) is 16.3. The molecule has 0 bridgehead atoms. The Bertz CT molecular complexity index is 1140. The van der Waals surface area contributed by atoms with Gasteiger partial charge in [-0.1, -0.05) is 23.4 Å². The summed E-state index contributed by atoms with van der Waals surface area (Å²) in [5.74, 6) is 1.88. The zero-order chi connectivity index (χ0) is 20.4. The van der Waals surface area contributed by atoms with E-state index in [1.54, 1.807) is 31.0 Å². The number of para-hydroxylation sites is 1. The van der Waals surface area contributed by atoms with Gasteiger partial charge in [-0.3, -0.25) is 0 Å². The summed E-state index contributed by atoms with van der Waals surface area (Å²) in [6.45, 7) is 1.96. The van der Waals surface area contributed by atoms with Crippen molar-refractivity contribution in [2.75, 3.05) is 25.3 Å². The normalized spacial score (nSPS) is 12.0. The Morgan fingerprint density at radius 1 is 1.03 bits per heavy atom. The molecule has 29 heavy (non-hydrogen) atoms. The van der Waals surface area contributed by atoms with Crippen molar-refractivity contribution >= 4 is 22.7 Å². The van der Waals surface area contributed by atoms with Gasteiger partial charge in [-0.15, -0.1) is 5.10 Å². The van der Waals surface area contributed by atoms with Crippen molar-refractivity contribution in [2.24, 2.45) is 0 Å². The van der Waals surface area contributed by atoms with E-state index in [2.05, 4.69) is 25.6 Å². The van der Waals surface area contributed by atoms with Crippen LogP contribution in [0.25, 0.3) is 16.6 Å². The summed E-state index contributed by atoms with van der Waals surface area (Å²) in [6, 6.07) is 13.1. The minimum absolute atomic E-state index is 0.176. The number of rotatable bonds is 6. The van der Waals surface area contributed by atoms with Crippen LogP contribution in [0, 0.1) is 0 Å². The third-order valence-electron chi connectivity index (χ3n) is 4.55. The predicted octanol–water partition coefficient (Wildman–Crippen LogP) is 2.98. The van der Waals surface area contributed by atoms with Crippen LogP contribution < -0.4 is 20.5 Å². The number of nitrogens with zero attached hydrogens (tertiary/aromatic N) is 5. The third-order valence-corrected chi connectivity index (χ3v) is 4.55. The van der Waals surface area contributed by atoms with E-state index in [9.17, 15) is 0 Å². The number of aromatic nitrogens is 5. The lowest BCUT2D eigenvalue weighted by Crippen LogP contribution is -2.11. The number of nitrogens with two attached hydrogens (primary N) is 1. The predicted molar refractivity (Wildman–Crippen MR) is 110 cm³/mol. The van der Waals surface area contributed by atoms with Gasteiger partial charge in [0.05, 0.1) is 37.7 Å². The van der Waals surface area contributed by atoms with Crippen molar-refractivity contribution in [2.45, 2.75) is 13.0 Å². The zero-order valence-electron chi connectivity index (χ0n) is 16.3. The Kier molecular flexibility index (Phi) is 4.86. The number of methoxy groups -OCH3 is 2. The Hall–Kier alpha value is -3.88. The molecule has 4 rings (SSSR count). The smallest absolute Gasteiger partial charge is 0.225 e. The molecule has 0 spiro atoms. The Balaban J connectivity index is 1.61. The first kappa shape index (κ1) is 18.5. The number of ether oxygens (including phenoxy) is 2. The average molecular weight is 391 g/mol. The molecular weight excluding hydrogens is 370 g/mol. The van der Waals surface area contributed by atoms with Gasteiger partial charge in [0, 0.05) is 11.5 Å². The molecule has 1 atom stereocenters. The van der Waals surface area contributed by atoms with Gasteiger partial charge in [0.25, 0.3) is 0 Å². The van der Waals surface area contributed by atoms with Crippen LogP contribution in [0.15, 0.2) is 48.7 Å². The first-order chi connectivity index (χ1) is 14.1. The molecule has 9 nitrogen and oxygen atoms in total. The van der Waals surface area contributed by atoms with Gasteiger partial charge < -0.3 is 20.5 Å². The van der Waals surface area contributed by atoms with Crippen LogP contribution in [0.2, 0.25) is 0 Å². The number of nitrogen functional groups attached to an aromatic ring is 1. The maximum absolute atomic E-state index is 6.15. The number of hydrogen-bond acceptors (Lipinski definition) is 8. The highest BCUT2D eigenvalue weighted by atomic mass is 16.5. The van der Waals surface area contributed by atoms with E-state index in [4.69, 9.17) is 15.2 Å². The molecule has 0 radical (unpaired) electrons. The lowest BCUT2D eigenvalue weighted by molar-refractivity contribution is 0.356. The van der Waals surface area contributed by atoms with E-state index in [1.807, 2.05) is 43.5 Å². The topological polar surface area (TPSA) is 113 Å². The minimum atomic E-state index is -0.176. The summed E-state index contributed by atoms with van der Waals surface area (Å²) in [7, 11) is 3.15. The van der Waals surface area contributed by atoms with E-state index in [0.717, 1.165) is 11.4 Å². The molecule has 148 valence electrons. The fourth-order valence-corrected chi connectivity index (χ4v) is 2.99. The first-order valence-corrected chi connectivity index (χ1v) is 9.02. The van der Waals surface area contributed by atoms with Crippen molar-refractivity contribution in [3.8, 4) is 17.2 Å². The van der Waals surface area contributed by atoms with Crippen LogP contribution in [0.3, 0.4) is 0 Å². The second-order valence-electron chi connectivity index (χ2n) is 6.45. The van der Waals surface area contributed by atoms with Gasteiger partial charge in [-0.2, -0.15) is 4.98 Å². The Labute approximate surface area is 167 Å². The number of anilines is 2. The quantitative estimate of drug-likeness (QED) is 0.516. The van der Waals surface area contributed by atoms with Crippen LogP contribution in [0.1, 0.15) is 18.7 Å². The standard InChI is InChI=1S/C20H21N7O2/c1-12(16-11-27(26-25-16)13-7-5-4-6-8-13)22-20-23-15-10-18(29-3)17(28-2)9-14(15)19(21)24-20/h4-12H,1-3H3,(H3,21,22,23,24). The first-order valence-electron chi connectivity index (χ1n) is 9.02. The number of nitrogens with one attached hydrogen (secondary N) is 1. The number of hydrogen-bond donors (Lipinski definition) is 2. The van der Waals surface area contributed by atoms with Crippen LogP contribution in [0.4, 0.5) is 11.8 Å². The largest absolute Gasteiger partial charge is 0.493 e. The average Bonchev–Trinajstić information content (AvgIpc) is 3.24. The van der Waals surface area contributed by atoms with Crippen molar-refractivity contribution in [3.63, 3.8) is 0 Å². The number of fused-ring (bicyclic) bond motifs is 1. The molecule has 2 aromatic carbocycles. The molecule has 0 amide bonds. The molecule has 2 aromatic heterocycles. The van der Waals surface area contributed by atoms with E-state index in [1.165, 1.54) is 0 Å². The monoisotopic (exact) mass is 391 g/mol. The van der Waals surface area contributed by atoms with E-state index >= 15 is 0 Å². The number of benzene rings is 2. The highest BCUT2D eigenvalue weighted by molar-refractivity contribution is 5.91. The fraction of sp³-hybridized carbons (Fsp3) is 0.200. The third kappa shape index (κ3) is 3.62. The van der Waals surface area contributed by atoms with Crippen molar-refractivity contribution in [1.29, 1.82) is 0 Å². The highest BCUT2D eigenvalue weighted by Crippen LogP contribution is 2.34. The molecule has 0 saturated heterocycles. The van der Waals surface area contributed by atoms with Gasteiger partial charge in [0.15, 0.2) is 11.5 Å². The summed E-state index contributed by atoms with van der Waals surface area (Å²) >= 11 is 0. The molecule has 0 aliphatic rings. The second kappa shape index (κ2) is 7.63. The SMILES string of the molecule is COc1cc2nc(NC(C)c3cn(-c4ccccc4)nn3)nc(N)c2cc1OC. The molecule has 9 heteroatoms. The van der Waals surface area contributed by atoms with Gasteiger partial charge in [0.2, 0.25) is 5.95 Å². The summed E-state index contributed by atoms with van der Waals surface area (Å²) in [5, 5.41) is 12.4. The molecule has 3 N–H and O–H groups in total. The minimum Gasteiger partial charge on any atom is -0.493 e. The van der Waals surface area contributed by atoms with Crippen LogP contribution in [0.5, 0.6) is 11.5 Å². The second-order valence-corrected chi connectivity index (χ2v) is 6.45. The van der Waals surface area contributed by atoms with E-state index < -0.39 is 0 Å². The van der Waals surface area contributed by atoms with Gasteiger partial charge >= 0.3 is 0 Å². The molecule has 0 saturated carbocycles. The van der Waals surface area contributed by atoms with Gasteiger partial charge in [0.1, 0.15) is 11.5 Å². The van der Waals surface area contributed by atoms with E-state index in [0.29, 0.717) is 34.2 Å². The molecule has 2 heterocycles. The lowest BCUT2D eigenvalue weighted by atomic mass is 10.2. The van der Waals surface area contributed by atoms with Crippen LogP contribution in [-0.2, 0) is 0 Å². The maximum atomic E-state index is 6.15. The molecule has 0 aliphatic heterocycles. The van der Waals surface area contributed by atoms with E-state index in [-0.39, 0.29) is 6.04 Å².